The van der Waals surface area contributed by atoms with Crippen molar-refractivity contribution in [1.29, 1.82) is 0 Å². The predicted molar refractivity (Wildman–Crippen MR) is 54.4 cm³/mol. The first-order valence-electron chi connectivity index (χ1n) is 4.74. The first kappa shape index (κ1) is 10.1. The highest BCUT2D eigenvalue weighted by Crippen LogP contribution is 2.28. The third kappa shape index (κ3) is 2.25. The van der Waals surface area contributed by atoms with E-state index in [2.05, 4.69) is 20.8 Å². The molecule has 2 unspecified atom stereocenters. The molecule has 1 fully saturated rings. The summed E-state index contributed by atoms with van der Waals surface area (Å²) in [4.78, 5) is 11.8. The molecule has 0 N–H and O–H groups in total. The highest BCUT2D eigenvalue weighted by molar-refractivity contribution is 7.99. The van der Waals surface area contributed by atoms with Crippen LogP contribution in [0, 0.1) is 17.8 Å². The average Bonchev–Trinajstić information content (AvgIpc) is 2.53. The lowest BCUT2D eigenvalue weighted by atomic mass is 9.86. The zero-order valence-electron chi connectivity index (χ0n) is 8.17. The number of carbonyl (C=O) groups excluding carboxylic acids is 1. The topological polar surface area (TPSA) is 17.1 Å². The fraction of sp³-hybridized carbons (Fsp3) is 0.900. The first-order chi connectivity index (χ1) is 5.63. The van der Waals surface area contributed by atoms with Crippen molar-refractivity contribution in [2.75, 3.05) is 11.5 Å². The molecule has 12 heavy (non-hydrogen) atoms. The van der Waals surface area contributed by atoms with Gasteiger partial charge >= 0.3 is 0 Å². The van der Waals surface area contributed by atoms with Gasteiger partial charge in [-0.05, 0) is 18.1 Å². The summed E-state index contributed by atoms with van der Waals surface area (Å²) >= 11 is 1.92. The third-order valence-corrected chi connectivity index (χ3v) is 3.94. The van der Waals surface area contributed by atoms with E-state index in [1.54, 1.807) is 0 Å². The minimum absolute atomic E-state index is 0.258. The highest BCUT2D eigenvalue weighted by atomic mass is 32.2. The maximum absolute atomic E-state index is 11.8. The molecule has 1 nitrogen and oxygen atoms in total. The molecule has 70 valence electrons. The van der Waals surface area contributed by atoms with Crippen LogP contribution in [0.5, 0.6) is 0 Å². The van der Waals surface area contributed by atoms with Crippen LogP contribution in [0.4, 0.5) is 0 Å². The summed E-state index contributed by atoms with van der Waals surface area (Å²) in [6.07, 6.45) is 1.11. The smallest absolute Gasteiger partial charge is 0.139 e. The SMILES string of the molecule is CC(C)C(C)C(=O)C1CCSC1. The molecule has 0 aromatic carbocycles. The zero-order chi connectivity index (χ0) is 9.14. The van der Waals surface area contributed by atoms with Gasteiger partial charge in [0.05, 0.1) is 0 Å². The van der Waals surface area contributed by atoms with Crippen molar-refractivity contribution in [3.63, 3.8) is 0 Å². The van der Waals surface area contributed by atoms with E-state index in [0.717, 1.165) is 12.2 Å². The van der Waals surface area contributed by atoms with Gasteiger partial charge < -0.3 is 0 Å². The van der Waals surface area contributed by atoms with E-state index < -0.39 is 0 Å². The molecule has 0 aromatic heterocycles. The lowest BCUT2D eigenvalue weighted by Crippen LogP contribution is -2.24. The summed E-state index contributed by atoms with van der Waals surface area (Å²) in [7, 11) is 0. The zero-order valence-corrected chi connectivity index (χ0v) is 8.99. The van der Waals surface area contributed by atoms with Crippen LogP contribution in [0.15, 0.2) is 0 Å². The maximum Gasteiger partial charge on any atom is 0.139 e. The summed E-state index contributed by atoms with van der Waals surface area (Å²) in [5.74, 6) is 3.87. The number of carbonyl (C=O) groups is 1. The quantitative estimate of drug-likeness (QED) is 0.674. The van der Waals surface area contributed by atoms with Crippen LogP contribution in [-0.4, -0.2) is 17.3 Å². The monoisotopic (exact) mass is 186 g/mol. The Morgan fingerprint density at radius 2 is 2.08 bits per heavy atom. The summed E-state index contributed by atoms with van der Waals surface area (Å²) < 4.78 is 0. The van der Waals surface area contributed by atoms with Crippen molar-refractivity contribution in [3.8, 4) is 0 Å². The lowest BCUT2D eigenvalue weighted by Gasteiger charge is -2.17. The number of hydrogen-bond acceptors (Lipinski definition) is 2. The summed E-state index contributed by atoms with van der Waals surface area (Å²) in [5, 5.41) is 0. The van der Waals surface area contributed by atoms with Crippen LogP contribution in [0.3, 0.4) is 0 Å². The van der Waals surface area contributed by atoms with Gasteiger partial charge in [0, 0.05) is 17.6 Å². The van der Waals surface area contributed by atoms with E-state index in [-0.39, 0.29) is 5.92 Å². The Morgan fingerprint density at radius 3 is 2.50 bits per heavy atom. The van der Waals surface area contributed by atoms with Gasteiger partial charge in [0.2, 0.25) is 0 Å². The van der Waals surface area contributed by atoms with Gasteiger partial charge in [-0.3, -0.25) is 4.79 Å². The first-order valence-corrected chi connectivity index (χ1v) is 5.90. The van der Waals surface area contributed by atoms with Crippen LogP contribution >= 0.6 is 11.8 Å². The molecule has 2 atom stereocenters. The summed E-state index contributed by atoms with van der Waals surface area (Å²) in [5.41, 5.74) is 0. The highest BCUT2D eigenvalue weighted by Gasteiger charge is 2.28. The number of hydrogen-bond donors (Lipinski definition) is 0. The Labute approximate surface area is 79.3 Å². The average molecular weight is 186 g/mol. The number of ketones is 1. The van der Waals surface area contributed by atoms with Crippen molar-refractivity contribution in [1.82, 2.24) is 0 Å². The molecule has 2 heteroatoms. The molecule has 0 bridgehead atoms. The Hall–Kier alpha value is 0.0200. The normalized spacial score (nSPS) is 26.2. The molecule has 0 aliphatic carbocycles. The Kier molecular flexibility index (Phi) is 3.63. The van der Waals surface area contributed by atoms with Crippen LogP contribution in [-0.2, 0) is 4.79 Å². The summed E-state index contributed by atoms with van der Waals surface area (Å²) in [6.45, 7) is 6.32. The van der Waals surface area contributed by atoms with Crippen LogP contribution in [0.1, 0.15) is 27.2 Å². The van der Waals surface area contributed by atoms with E-state index in [1.807, 2.05) is 11.8 Å². The molecular weight excluding hydrogens is 168 g/mol. The van der Waals surface area contributed by atoms with E-state index in [1.165, 1.54) is 5.75 Å². The van der Waals surface area contributed by atoms with E-state index in [9.17, 15) is 4.79 Å². The summed E-state index contributed by atoms with van der Waals surface area (Å²) in [6, 6.07) is 0. The maximum atomic E-state index is 11.8. The molecule has 0 radical (unpaired) electrons. The van der Waals surface area contributed by atoms with Crippen molar-refractivity contribution in [2.24, 2.45) is 17.8 Å². The molecule has 1 heterocycles. The number of Topliss-reactive ketones (excluding diaryl/α,β-unsaturated/α-hetero) is 1. The van der Waals surface area contributed by atoms with Crippen molar-refractivity contribution < 1.29 is 4.79 Å². The lowest BCUT2D eigenvalue weighted by molar-refractivity contribution is -0.126. The van der Waals surface area contributed by atoms with Crippen molar-refractivity contribution in [3.05, 3.63) is 0 Å². The number of thioether (sulfide) groups is 1. The van der Waals surface area contributed by atoms with Gasteiger partial charge in [-0.1, -0.05) is 20.8 Å². The standard InChI is InChI=1S/C10H18OS/c1-7(2)8(3)10(11)9-4-5-12-6-9/h7-9H,4-6H2,1-3H3. The molecular formula is C10H18OS. The van der Waals surface area contributed by atoms with Crippen LogP contribution in [0.2, 0.25) is 0 Å². The van der Waals surface area contributed by atoms with Gasteiger partial charge in [-0.15, -0.1) is 0 Å². The fourth-order valence-corrected chi connectivity index (χ4v) is 2.69. The van der Waals surface area contributed by atoms with Gasteiger partial charge in [0.15, 0.2) is 0 Å². The Morgan fingerprint density at radius 1 is 1.42 bits per heavy atom. The van der Waals surface area contributed by atoms with Crippen molar-refractivity contribution >= 4 is 17.5 Å². The van der Waals surface area contributed by atoms with Gasteiger partial charge in [0.25, 0.3) is 0 Å². The molecule has 1 rings (SSSR count). The van der Waals surface area contributed by atoms with Gasteiger partial charge in [-0.2, -0.15) is 11.8 Å². The van der Waals surface area contributed by atoms with E-state index in [4.69, 9.17) is 0 Å². The fourth-order valence-electron chi connectivity index (χ4n) is 1.46. The van der Waals surface area contributed by atoms with Crippen molar-refractivity contribution in [2.45, 2.75) is 27.2 Å². The minimum Gasteiger partial charge on any atom is -0.299 e. The molecule has 0 saturated carbocycles. The second kappa shape index (κ2) is 4.31. The molecule has 1 saturated heterocycles. The van der Waals surface area contributed by atoms with E-state index >= 15 is 0 Å². The van der Waals surface area contributed by atoms with E-state index in [0.29, 0.717) is 17.6 Å². The molecule has 1 aliphatic heterocycles. The predicted octanol–water partition coefficient (Wildman–Crippen LogP) is 2.60. The number of rotatable bonds is 3. The Balaban J connectivity index is 2.45. The van der Waals surface area contributed by atoms with Crippen LogP contribution in [0.25, 0.3) is 0 Å². The largest absolute Gasteiger partial charge is 0.299 e. The minimum atomic E-state index is 0.258. The third-order valence-electron chi connectivity index (χ3n) is 2.78. The van der Waals surface area contributed by atoms with Crippen LogP contribution < -0.4 is 0 Å². The molecule has 1 aliphatic rings. The van der Waals surface area contributed by atoms with Gasteiger partial charge in [-0.25, -0.2) is 0 Å². The second-order valence-corrected chi connectivity index (χ2v) is 5.15. The Bertz CT molecular complexity index is 155. The second-order valence-electron chi connectivity index (χ2n) is 4.00. The molecule has 0 amide bonds. The molecule has 0 aromatic rings. The molecule has 0 spiro atoms. The van der Waals surface area contributed by atoms with Gasteiger partial charge in [0.1, 0.15) is 5.78 Å².